The third kappa shape index (κ3) is 5.43. The van der Waals surface area contributed by atoms with Crippen molar-refractivity contribution in [2.24, 2.45) is 0 Å². The third-order valence-corrected chi connectivity index (χ3v) is 4.32. The highest BCUT2D eigenvalue weighted by molar-refractivity contribution is 9.10. The van der Waals surface area contributed by atoms with Crippen LogP contribution in [0.5, 0.6) is 5.75 Å². The quantitative estimate of drug-likeness (QED) is 0.726. The molecule has 20 heavy (non-hydrogen) atoms. The first-order chi connectivity index (χ1) is 9.45. The smallest absolute Gasteiger partial charge is 0.133 e. The van der Waals surface area contributed by atoms with E-state index in [1.807, 2.05) is 6.07 Å². The minimum absolute atomic E-state index is 0.349. The lowest BCUT2D eigenvalue weighted by molar-refractivity contribution is 0.268. The molecule has 1 unspecified atom stereocenters. The molecular formula is C16H27BrN2O. The summed E-state index contributed by atoms with van der Waals surface area (Å²) in [7, 11) is 3.86. The van der Waals surface area contributed by atoms with Crippen molar-refractivity contribution in [2.75, 3.05) is 27.2 Å². The molecule has 0 bridgehead atoms. The van der Waals surface area contributed by atoms with Crippen molar-refractivity contribution in [3.63, 3.8) is 0 Å². The summed E-state index contributed by atoms with van der Waals surface area (Å²) in [6, 6.07) is 7.20. The first kappa shape index (κ1) is 17.5. The second kappa shape index (κ2) is 8.65. The molecule has 114 valence electrons. The lowest BCUT2D eigenvalue weighted by Gasteiger charge is -2.21. The first-order valence-electron chi connectivity index (χ1n) is 7.22. The van der Waals surface area contributed by atoms with E-state index in [0.29, 0.717) is 12.1 Å². The van der Waals surface area contributed by atoms with Gasteiger partial charge < -0.3 is 15.0 Å². The van der Waals surface area contributed by atoms with Crippen LogP contribution < -0.4 is 10.1 Å². The van der Waals surface area contributed by atoms with E-state index in [4.69, 9.17) is 4.74 Å². The molecule has 0 spiro atoms. The van der Waals surface area contributed by atoms with Gasteiger partial charge in [0.1, 0.15) is 5.75 Å². The number of rotatable bonds is 8. The molecule has 1 aromatic rings. The Labute approximate surface area is 131 Å². The molecule has 1 rings (SSSR count). The minimum atomic E-state index is 0.349. The maximum atomic E-state index is 5.25. The number of benzene rings is 1. The van der Waals surface area contributed by atoms with Gasteiger partial charge in [0.2, 0.25) is 0 Å². The van der Waals surface area contributed by atoms with Gasteiger partial charge in [-0.05, 0) is 81.0 Å². The Morgan fingerprint density at radius 2 is 2.00 bits per heavy atom. The number of halogens is 1. The number of nitrogens with one attached hydrogen (secondary N) is 1. The molecule has 1 atom stereocenters. The van der Waals surface area contributed by atoms with E-state index < -0.39 is 0 Å². The monoisotopic (exact) mass is 342 g/mol. The van der Waals surface area contributed by atoms with Crippen LogP contribution >= 0.6 is 15.9 Å². The van der Waals surface area contributed by atoms with Gasteiger partial charge in [0.05, 0.1) is 11.6 Å². The predicted octanol–water partition coefficient (Wildman–Crippen LogP) is 3.84. The molecule has 0 heterocycles. The molecule has 3 nitrogen and oxygen atoms in total. The van der Waals surface area contributed by atoms with Crippen LogP contribution in [0.1, 0.15) is 38.8 Å². The highest BCUT2D eigenvalue weighted by Crippen LogP contribution is 2.27. The number of ether oxygens (including phenoxy) is 1. The van der Waals surface area contributed by atoms with Gasteiger partial charge in [-0.3, -0.25) is 0 Å². The van der Waals surface area contributed by atoms with E-state index in [2.05, 4.69) is 66.1 Å². The molecule has 0 aromatic heterocycles. The topological polar surface area (TPSA) is 24.5 Å². The molecule has 0 aliphatic rings. The van der Waals surface area contributed by atoms with Crippen LogP contribution in [0.25, 0.3) is 0 Å². The van der Waals surface area contributed by atoms with E-state index in [1.54, 1.807) is 7.11 Å². The van der Waals surface area contributed by atoms with E-state index in [1.165, 1.54) is 5.56 Å². The van der Waals surface area contributed by atoms with Gasteiger partial charge in [0.15, 0.2) is 0 Å². The SMILES string of the molecule is COc1ccc(C(C)NCCCN(C)C(C)C)cc1Br. The summed E-state index contributed by atoms with van der Waals surface area (Å²) in [5.74, 6) is 0.875. The Kier molecular flexibility index (Phi) is 7.56. The van der Waals surface area contributed by atoms with E-state index in [-0.39, 0.29) is 0 Å². The molecule has 0 saturated carbocycles. The maximum Gasteiger partial charge on any atom is 0.133 e. The zero-order valence-corrected chi connectivity index (χ0v) is 14.8. The van der Waals surface area contributed by atoms with Gasteiger partial charge in [0.25, 0.3) is 0 Å². The molecule has 0 fully saturated rings. The van der Waals surface area contributed by atoms with Gasteiger partial charge in [-0.2, -0.15) is 0 Å². The molecule has 0 aliphatic carbocycles. The van der Waals surface area contributed by atoms with Crippen LogP contribution in [0.15, 0.2) is 22.7 Å². The lowest BCUT2D eigenvalue weighted by Crippen LogP contribution is -2.30. The fourth-order valence-corrected chi connectivity index (χ4v) is 2.53. The molecule has 0 saturated heterocycles. The summed E-state index contributed by atoms with van der Waals surface area (Å²) in [5.41, 5.74) is 1.27. The standard InChI is InChI=1S/C16H27BrN2O/c1-12(2)19(4)10-6-9-18-13(3)14-7-8-16(20-5)15(17)11-14/h7-8,11-13,18H,6,9-10H2,1-5H3. The van der Waals surface area contributed by atoms with Crippen molar-refractivity contribution < 1.29 is 4.74 Å². The van der Waals surface area contributed by atoms with Crippen molar-refractivity contribution in [1.82, 2.24) is 10.2 Å². The number of nitrogens with zero attached hydrogens (tertiary/aromatic N) is 1. The number of hydrogen-bond acceptors (Lipinski definition) is 3. The van der Waals surface area contributed by atoms with Gasteiger partial charge in [0, 0.05) is 12.1 Å². The molecule has 4 heteroatoms. The summed E-state index contributed by atoms with van der Waals surface area (Å²) in [6.45, 7) is 8.81. The second-order valence-corrected chi connectivity index (χ2v) is 6.35. The Morgan fingerprint density at radius 3 is 2.55 bits per heavy atom. The summed E-state index contributed by atoms with van der Waals surface area (Å²) in [6.07, 6.45) is 1.16. The zero-order valence-electron chi connectivity index (χ0n) is 13.2. The summed E-state index contributed by atoms with van der Waals surface area (Å²) < 4.78 is 6.26. The molecular weight excluding hydrogens is 316 g/mol. The van der Waals surface area contributed by atoms with Crippen molar-refractivity contribution in [2.45, 2.75) is 39.3 Å². The van der Waals surface area contributed by atoms with E-state index in [0.717, 1.165) is 29.7 Å². The predicted molar refractivity (Wildman–Crippen MR) is 89.5 cm³/mol. The van der Waals surface area contributed by atoms with Crippen LogP contribution in [-0.4, -0.2) is 38.2 Å². The number of methoxy groups -OCH3 is 1. The second-order valence-electron chi connectivity index (χ2n) is 5.50. The van der Waals surface area contributed by atoms with Crippen molar-refractivity contribution in [3.8, 4) is 5.75 Å². The highest BCUT2D eigenvalue weighted by Gasteiger charge is 2.08. The molecule has 1 N–H and O–H groups in total. The fourth-order valence-electron chi connectivity index (χ4n) is 1.98. The summed E-state index contributed by atoms with van der Waals surface area (Å²) in [5, 5.41) is 3.57. The Bertz CT molecular complexity index is 409. The molecule has 0 amide bonds. The van der Waals surface area contributed by atoms with Crippen LogP contribution in [0.4, 0.5) is 0 Å². The lowest BCUT2D eigenvalue weighted by atomic mass is 10.1. The van der Waals surface area contributed by atoms with Crippen LogP contribution in [0.2, 0.25) is 0 Å². The Morgan fingerprint density at radius 1 is 1.30 bits per heavy atom. The average Bonchev–Trinajstić information content (AvgIpc) is 2.42. The number of hydrogen-bond donors (Lipinski definition) is 1. The van der Waals surface area contributed by atoms with Crippen LogP contribution in [-0.2, 0) is 0 Å². The van der Waals surface area contributed by atoms with Crippen molar-refractivity contribution in [3.05, 3.63) is 28.2 Å². The molecule has 0 aliphatic heterocycles. The summed E-state index contributed by atoms with van der Waals surface area (Å²) >= 11 is 3.53. The fraction of sp³-hybridized carbons (Fsp3) is 0.625. The van der Waals surface area contributed by atoms with Crippen molar-refractivity contribution in [1.29, 1.82) is 0 Å². The van der Waals surface area contributed by atoms with Gasteiger partial charge in [-0.25, -0.2) is 0 Å². The highest BCUT2D eigenvalue weighted by atomic mass is 79.9. The Balaban J connectivity index is 2.39. The van der Waals surface area contributed by atoms with Gasteiger partial charge in [-0.1, -0.05) is 6.07 Å². The largest absolute Gasteiger partial charge is 0.496 e. The molecule has 1 aromatic carbocycles. The normalized spacial score (nSPS) is 13.0. The van der Waals surface area contributed by atoms with E-state index in [9.17, 15) is 0 Å². The van der Waals surface area contributed by atoms with Gasteiger partial charge in [-0.15, -0.1) is 0 Å². The minimum Gasteiger partial charge on any atom is -0.496 e. The van der Waals surface area contributed by atoms with Crippen molar-refractivity contribution >= 4 is 15.9 Å². The van der Waals surface area contributed by atoms with Crippen LogP contribution in [0.3, 0.4) is 0 Å². The Hall–Kier alpha value is -0.580. The third-order valence-electron chi connectivity index (χ3n) is 3.70. The van der Waals surface area contributed by atoms with Crippen LogP contribution in [0, 0.1) is 0 Å². The average molecular weight is 343 g/mol. The molecule has 0 radical (unpaired) electrons. The zero-order chi connectivity index (χ0) is 15.1. The maximum absolute atomic E-state index is 5.25. The van der Waals surface area contributed by atoms with E-state index >= 15 is 0 Å². The van der Waals surface area contributed by atoms with Gasteiger partial charge >= 0.3 is 0 Å². The summed E-state index contributed by atoms with van der Waals surface area (Å²) in [4.78, 5) is 2.37. The first-order valence-corrected chi connectivity index (χ1v) is 8.02.